The van der Waals surface area contributed by atoms with Crippen molar-refractivity contribution in [2.75, 3.05) is 33.5 Å². The predicted octanol–water partition coefficient (Wildman–Crippen LogP) is -1.52. The van der Waals surface area contributed by atoms with Gasteiger partial charge in [-0.3, -0.25) is 0 Å². The highest BCUT2D eigenvalue weighted by atomic mass is 32.3. The molecule has 0 spiro atoms. The second-order valence-electron chi connectivity index (χ2n) is 4.41. The van der Waals surface area contributed by atoms with Gasteiger partial charge in [-0.1, -0.05) is 0 Å². The van der Waals surface area contributed by atoms with E-state index in [1.54, 1.807) is 0 Å². The largest absolute Gasteiger partial charge is 0.509 e. The molecular weight excluding hydrogens is 364 g/mol. The topological polar surface area (TPSA) is 150 Å². The Balaban J connectivity index is 1.78. The third-order valence-electron chi connectivity index (χ3n) is 2.67. The highest BCUT2D eigenvalue weighted by Crippen LogP contribution is 2.18. The minimum Gasteiger partial charge on any atom is -0.424 e. The first-order chi connectivity index (χ1) is 10.7. The van der Waals surface area contributed by atoms with E-state index < -0.39 is 58.5 Å². The zero-order chi connectivity index (χ0) is 17.1. The first kappa shape index (κ1) is 18.3. The van der Waals surface area contributed by atoms with E-state index in [0.29, 0.717) is 0 Å². The van der Waals surface area contributed by atoms with Crippen LogP contribution in [0.3, 0.4) is 0 Å². The summed E-state index contributed by atoms with van der Waals surface area (Å²) in [4.78, 5) is 11.0. The van der Waals surface area contributed by atoms with Crippen molar-refractivity contribution in [3.8, 4) is 0 Å². The molecule has 14 heteroatoms. The van der Waals surface area contributed by atoms with Gasteiger partial charge in [-0.15, -0.1) is 0 Å². The molecule has 2 rings (SSSR count). The van der Waals surface area contributed by atoms with Gasteiger partial charge in [0.05, 0.1) is 19.8 Å². The molecule has 0 amide bonds. The minimum absolute atomic E-state index is 0.00815. The van der Waals surface area contributed by atoms with Gasteiger partial charge in [-0.25, -0.2) is 21.5 Å². The zero-order valence-electron chi connectivity index (χ0n) is 11.8. The summed E-state index contributed by atoms with van der Waals surface area (Å²) >= 11 is 0. The molecule has 0 aromatic rings. The summed E-state index contributed by atoms with van der Waals surface area (Å²) in [5, 5.41) is 0. The van der Waals surface area contributed by atoms with Gasteiger partial charge in [0.15, 0.2) is 12.2 Å². The lowest BCUT2D eigenvalue weighted by molar-refractivity contribution is 0.0358. The molecule has 134 valence electrons. The molecule has 0 saturated carbocycles. The Morgan fingerprint density at radius 1 is 1.13 bits per heavy atom. The maximum atomic E-state index is 11.5. The second-order valence-corrected chi connectivity index (χ2v) is 6.94. The van der Waals surface area contributed by atoms with Gasteiger partial charge in [0, 0.05) is 7.11 Å². The summed E-state index contributed by atoms with van der Waals surface area (Å²) in [6.45, 7) is -1.56. The lowest BCUT2D eigenvalue weighted by atomic mass is 10.2. The van der Waals surface area contributed by atoms with Crippen molar-refractivity contribution < 1.29 is 52.6 Å². The smallest absolute Gasteiger partial charge is 0.424 e. The lowest BCUT2D eigenvalue weighted by Crippen LogP contribution is -2.33. The number of carbonyl (C=O) groups excluding carboxylic acids is 1. The van der Waals surface area contributed by atoms with Crippen LogP contribution in [0, 0.1) is 0 Å². The Kier molecular flexibility index (Phi) is 5.77. The van der Waals surface area contributed by atoms with Gasteiger partial charge in [-0.05, 0) is 0 Å². The zero-order valence-corrected chi connectivity index (χ0v) is 13.4. The number of hydrogen-bond donors (Lipinski definition) is 0. The fraction of sp³-hybridized carbons (Fsp3) is 0.889. The molecule has 23 heavy (non-hydrogen) atoms. The fourth-order valence-corrected chi connectivity index (χ4v) is 3.18. The van der Waals surface area contributed by atoms with Gasteiger partial charge in [0.2, 0.25) is 0 Å². The van der Waals surface area contributed by atoms with Crippen LogP contribution >= 0.6 is 0 Å². The molecule has 0 bridgehead atoms. The summed E-state index contributed by atoms with van der Waals surface area (Å²) in [6.07, 6.45) is -3.89. The molecule has 3 atom stereocenters. The van der Waals surface area contributed by atoms with Crippen molar-refractivity contribution in [2.45, 2.75) is 18.3 Å². The molecule has 0 radical (unpaired) electrons. The maximum absolute atomic E-state index is 11.5. The van der Waals surface area contributed by atoms with E-state index in [1.165, 1.54) is 7.11 Å². The van der Waals surface area contributed by atoms with Crippen molar-refractivity contribution in [2.24, 2.45) is 0 Å². The molecule has 0 aliphatic carbocycles. The highest BCUT2D eigenvalue weighted by molar-refractivity contribution is 7.82. The molecule has 12 nitrogen and oxygen atoms in total. The molecule has 2 heterocycles. The van der Waals surface area contributed by atoms with Crippen LogP contribution in [-0.2, 0) is 51.7 Å². The third kappa shape index (κ3) is 5.52. The van der Waals surface area contributed by atoms with Gasteiger partial charge >= 0.3 is 27.0 Å². The first-order valence-corrected chi connectivity index (χ1v) is 8.85. The predicted molar refractivity (Wildman–Crippen MR) is 67.6 cm³/mol. The molecule has 0 N–H and O–H groups in total. The van der Waals surface area contributed by atoms with Crippen LogP contribution in [-0.4, -0.2) is 74.8 Å². The monoisotopic (exact) mass is 378 g/mol. The van der Waals surface area contributed by atoms with E-state index in [9.17, 15) is 21.6 Å². The number of carbonyl (C=O) groups is 1. The Labute approximate surface area is 132 Å². The number of ether oxygens (including phenoxy) is 3. The van der Waals surface area contributed by atoms with Crippen LogP contribution < -0.4 is 0 Å². The lowest BCUT2D eigenvalue weighted by Gasteiger charge is -2.14. The van der Waals surface area contributed by atoms with Gasteiger partial charge in [0.25, 0.3) is 0 Å². The highest BCUT2D eigenvalue weighted by Gasteiger charge is 2.38. The Bertz CT molecular complexity index is 625. The molecular formula is C9H14O12S2. The summed E-state index contributed by atoms with van der Waals surface area (Å²) in [5.41, 5.74) is 0. The van der Waals surface area contributed by atoms with Crippen LogP contribution in [0.2, 0.25) is 0 Å². The molecule has 3 unspecified atom stereocenters. The van der Waals surface area contributed by atoms with Crippen molar-refractivity contribution in [3.63, 3.8) is 0 Å². The molecule has 0 aromatic carbocycles. The van der Waals surface area contributed by atoms with Crippen molar-refractivity contribution in [1.29, 1.82) is 0 Å². The molecule has 2 saturated heterocycles. The van der Waals surface area contributed by atoms with Crippen molar-refractivity contribution >= 4 is 27.0 Å². The van der Waals surface area contributed by atoms with Crippen LogP contribution in [0.15, 0.2) is 0 Å². The quantitative estimate of drug-likeness (QED) is 0.451. The third-order valence-corrected chi connectivity index (χ3v) is 4.45. The van der Waals surface area contributed by atoms with Crippen LogP contribution in [0.5, 0.6) is 0 Å². The normalized spacial score (nSPS) is 30.1. The number of cyclic esters (lactones) is 2. The Morgan fingerprint density at radius 3 is 2.30 bits per heavy atom. The summed E-state index contributed by atoms with van der Waals surface area (Å²) < 4.78 is 76.7. The van der Waals surface area contributed by atoms with Crippen LogP contribution in [0.4, 0.5) is 4.79 Å². The van der Waals surface area contributed by atoms with E-state index in [4.69, 9.17) is 14.2 Å². The standard InChI is InChI=1S/C9H14O12S2/c1-15-4-7-8(20-9(10)19-7)5-18-22(11,12)16-2-6-3-17-23(13,14)21-6/h6-8H,2-5H2,1H3. The molecule has 2 aliphatic heterocycles. The van der Waals surface area contributed by atoms with Crippen molar-refractivity contribution in [3.05, 3.63) is 0 Å². The van der Waals surface area contributed by atoms with Crippen LogP contribution in [0.1, 0.15) is 0 Å². The average molecular weight is 378 g/mol. The van der Waals surface area contributed by atoms with Crippen molar-refractivity contribution in [1.82, 2.24) is 0 Å². The summed E-state index contributed by atoms with van der Waals surface area (Å²) in [5.74, 6) is 0. The molecule has 2 fully saturated rings. The van der Waals surface area contributed by atoms with E-state index in [-0.39, 0.29) is 13.2 Å². The van der Waals surface area contributed by atoms with Gasteiger partial charge in [0.1, 0.15) is 12.7 Å². The average Bonchev–Trinajstić information content (AvgIpc) is 2.97. The second kappa shape index (κ2) is 7.25. The number of methoxy groups -OCH3 is 1. The minimum atomic E-state index is -4.47. The van der Waals surface area contributed by atoms with E-state index in [2.05, 4.69) is 16.7 Å². The van der Waals surface area contributed by atoms with E-state index in [1.807, 2.05) is 0 Å². The van der Waals surface area contributed by atoms with Gasteiger partial charge < -0.3 is 14.2 Å². The summed E-state index contributed by atoms with van der Waals surface area (Å²) in [6, 6.07) is 0. The number of hydrogen-bond acceptors (Lipinski definition) is 12. The van der Waals surface area contributed by atoms with Gasteiger partial charge in [-0.2, -0.15) is 16.8 Å². The summed E-state index contributed by atoms with van der Waals surface area (Å²) in [7, 11) is -7.22. The fourth-order valence-electron chi connectivity index (χ4n) is 1.67. The van der Waals surface area contributed by atoms with E-state index >= 15 is 0 Å². The Hall–Kier alpha value is -1.03. The first-order valence-electron chi connectivity index (χ1n) is 6.18. The maximum Gasteiger partial charge on any atom is 0.509 e. The number of rotatable bonds is 8. The van der Waals surface area contributed by atoms with E-state index in [0.717, 1.165) is 0 Å². The van der Waals surface area contributed by atoms with Crippen LogP contribution in [0.25, 0.3) is 0 Å². The molecule has 2 aliphatic rings. The molecule has 0 aromatic heterocycles. The SMILES string of the molecule is COCC1OC(=O)OC1COS(=O)(=O)OCC1COS(=O)(=O)O1. The Morgan fingerprint density at radius 2 is 1.74 bits per heavy atom.